The molecule has 2 aromatic heterocycles. The van der Waals surface area contributed by atoms with Crippen LogP contribution in [0.1, 0.15) is 6.92 Å². The van der Waals surface area contributed by atoms with Crippen LogP contribution in [0.15, 0.2) is 65.1 Å². The van der Waals surface area contributed by atoms with E-state index in [1.807, 2.05) is 47.8 Å². The lowest BCUT2D eigenvalue weighted by atomic mass is 10.2. The predicted molar refractivity (Wildman–Crippen MR) is 116 cm³/mol. The average molecular weight is 443 g/mol. The maximum Gasteiger partial charge on any atom is 0.239 e. The van der Waals surface area contributed by atoms with E-state index in [-0.39, 0.29) is 5.91 Å². The van der Waals surface area contributed by atoms with Crippen molar-refractivity contribution in [2.45, 2.75) is 17.3 Å². The standard InChI is InChI=1S/C19H15ClN6OS2/c1-12(29-19-23-24-25-26(19)15-9-7-14(20)8-10-15)17(27)22-18-21-16(11-28-18)13-5-3-2-4-6-13/h2-12H,1H3,(H,21,22,27). The molecule has 4 rings (SSSR count). The van der Waals surface area contributed by atoms with E-state index in [1.54, 1.807) is 23.7 Å². The van der Waals surface area contributed by atoms with Gasteiger partial charge in [0.05, 0.1) is 16.6 Å². The molecule has 2 aromatic carbocycles. The van der Waals surface area contributed by atoms with Gasteiger partial charge in [0, 0.05) is 16.0 Å². The molecule has 2 heterocycles. The molecule has 0 saturated heterocycles. The second kappa shape index (κ2) is 8.73. The van der Waals surface area contributed by atoms with E-state index in [0.717, 1.165) is 16.9 Å². The number of amides is 1. The molecule has 0 aliphatic carbocycles. The lowest BCUT2D eigenvalue weighted by molar-refractivity contribution is -0.115. The number of tetrazole rings is 1. The second-order valence-corrected chi connectivity index (χ2v) is 8.61. The summed E-state index contributed by atoms with van der Waals surface area (Å²) >= 11 is 8.59. The number of rotatable bonds is 6. The summed E-state index contributed by atoms with van der Waals surface area (Å²) in [6.07, 6.45) is 0. The van der Waals surface area contributed by atoms with Crippen molar-refractivity contribution in [2.75, 3.05) is 5.32 Å². The third-order valence-electron chi connectivity index (χ3n) is 3.97. The summed E-state index contributed by atoms with van der Waals surface area (Å²) in [6, 6.07) is 17.0. The van der Waals surface area contributed by atoms with Gasteiger partial charge in [-0.3, -0.25) is 4.79 Å². The summed E-state index contributed by atoms with van der Waals surface area (Å²) in [5, 5.41) is 17.8. The number of nitrogens with one attached hydrogen (secondary N) is 1. The van der Waals surface area contributed by atoms with Crippen molar-refractivity contribution >= 4 is 45.7 Å². The molecule has 0 bridgehead atoms. The first-order valence-corrected chi connectivity index (χ1v) is 10.8. The maximum absolute atomic E-state index is 12.6. The fraction of sp³-hybridized carbons (Fsp3) is 0.105. The van der Waals surface area contributed by atoms with Crippen LogP contribution in [0.5, 0.6) is 0 Å². The summed E-state index contributed by atoms with van der Waals surface area (Å²) in [5.41, 5.74) is 2.61. The van der Waals surface area contributed by atoms with Gasteiger partial charge >= 0.3 is 0 Å². The number of aromatic nitrogens is 5. The number of carbonyl (C=O) groups is 1. The van der Waals surface area contributed by atoms with E-state index >= 15 is 0 Å². The van der Waals surface area contributed by atoms with E-state index in [2.05, 4.69) is 25.8 Å². The average Bonchev–Trinajstić information content (AvgIpc) is 3.39. The van der Waals surface area contributed by atoms with Crippen LogP contribution in [0, 0.1) is 0 Å². The maximum atomic E-state index is 12.6. The Kier molecular flexibility index (Phi) is 5.89. The first kappa shape index (κ1) is 19.6. The number of nitrogens with zero attached hydrogens (tertiary/aromatic N) is 5. The highest BCUT2D eigenvalue weighted by atomic mass is 35.5. The number of benzene rings is 2. The number of thiazole rings is 1. The van der Waals surface area contributed by atoms with Crippen LogP contribution in [0.25, 0.3) is 16.9 Å². The molecule has 10 heteroatoms. The van der Waals surface area contributed by atoms with Gasteiger partial charge in [-0.05, 0) is 41.6 Å². The van der Waals surface area contributed by atoms with E-state index in [1.165, 1.54) is 23.1 Å². The van der Waals surface area contributed by atoms with Gasteiger partial charge in [-0.2, -0.15) is 4.68 Å². The Balaban J connectivity index is 1.43. The lowest BCUT2D eigenvalue weighted by Crippen LogP contribution is -2.22. The fourth-order valence-corrected chi connectivity index (χ4v) is 4.14. The Bertz CT molecular complexity index is 1110. The van der Waals surface area contributed by atoms with Crippen molar-refractivity contribution < 1.29 is 4.79 Å². The van der Waals surface area contributed by atoms with Crippen LogP contribution in [-0.2, 0) is 4.79 Å². The molecular weight excluding hydrogens is 428 g/mol. The van der Waals surface area contributed by atoms with Crippen LogP contribution >= 0.6 is 34.7 Å². The van der Waals surface area contributed by atoms with Gasteiger partial charge < -0.3 is 5.32 Å². The Labute approximate surface area is 180 Å². The van der Waals surface area contributed by atoms with Crippen molar-refractivity contribution in [3.63, 3.8) is 0 Å². The number of hydrogen-bond acceptors (Lipinski definition) is 7. The number of carbonyl (C=O) groups excluding carboxylic acids is 1. The zero-order valence-electron chi connectivity index (χ0n) is 15.2. The quantitative estimate of drug-likeness (QED) is 0.440. The van der Waals surface area contributed by atoms with Crippen LogP contribution in [0.2, 0.25) is 5.02 Å². The second-order valence-electron chi connectivity index (χ2n) is 6.00. The summed E-state index contributed by atoms with van der Waals surface area (Å²) < 4.78 is 1.57. The third kappa shape index (κ3) is 4.64. The Morgan fingerprint density at radius 3 is 2.69 bits per heavy atom. The Morgan fingerprint density at radius 1 is 1.17 bits per heavy atom. The highest BCUT2D eigenvalue weighted by Gasteiger charge is 2.20. The van der Waals surface area contributed by atoms with Gasteiger partial charge in [0.2, 0.25) is 11.1 Å². The van der Waals surface area contributed by atoms with Crippen LogP contribution < -0.4 is 5.32 Å². The molecule has 0 fully saturated rings. The molecule has 0 spiro atoms. The molecule has 146 valence electrons. The topological polar surface area (TPSA) is 85.6 Å². The van der Waals surface area contributed by atoms with Crippen molar-refractivity contribution in [3.8, 4) is 16.9 Å². The van der Waals surface area contributed by atoms with Crippen LogP contribution in [0.3, 0.4) is 0 Å². The van der Waals surface area contributed by atoms with Gasteiger partial charge in [-0.25, -0.2) is 4.98 Å². The highest BCUT2D eigenvalue weighted by Crippen LogP contribution is 2.27. The predicted octanol–water partition coefficient (Wildman–Crippen LogP) is 4.56. The fourth-order valence-electron chi connectivity index (χ4n) is 2.49. The molecular formula is C19H15ClN6OS2. The van der Waals surface area contributed by atoms with Gasteiger partial charge in [0.1, 0.15) is 0 Å². The largest absolute Gasteiger partial charge is 0.301 e. The Hall–Kier alpha value is -2.75. The number of thioether (sulfide) groups is 1. The van der Waals surface area contributed by atoms with E-state index in [0.29, 0.717) is 15.3 Å². The minimum atomic E-state index is -0.420. The van der Waals surface area contributed by atoms with E-state index < -0.39 is 5.25 Å². The molecule has 1 amide bonds. The third-order valence-corrected chi connectivity index (χ3v) is 6.01. The molecule has 1 atom stereocenters. The minimum absolute atomic E-state index is 0.172. The smallest absolute Gasteiger partial charge is 0.239 e. The molecule has 0 aliphatic rings. The van der Waals surface area contributed by atoms with Crippen molar-refractivity contribution in [1.29, 1.82) is 0 Å². The van der Waals surface area contributed by atoms with Gasteiger partial charge in [0.15, 0.2) is 5.13 Å². The van der Waals surface area contributed by atoms with Gasteiger partial charge in [-0.1, -0.05) is 53.7 Å². The number of hydrogen-bond donors (Lipinski definition) is 1. The van der Waals surface area contributed by atoms with Crippen molar-refractivity contribution in [1.82, 2.24) is 25.2 Å². The first-order chi connectivity index (χ1) is 14.1. The lowest BCUT2D eigenvalue weighted by Gasteiger charge is -2.10. The molecule has 0 saturated carbocycles. The minimum Gasteiger partial charge on any atom is -0.301 e. The summed E-state index contributed by atoms with van der Waals surface area (Å²) in [5.74, 6) is -0.172. The number of halogens is 1. The van der Waals surface area contributed by atoms with Gasteiger partial charge in [-0.15, -0.1) is 16.4 Å². The number of anilines is 1. The molecule has 29 heavy (non-hydrogen) atoms. The molecule has 1 N–H and O–H groups in total. The van der Waals surface area contributed by atoms with Gasteiger partial charge in [0.25, 0.3) is 0 Å². The summed E-state index contributed by atoms with van der Waals surface area (Å²) in [7, 11) is 0. The summed E-state index contributed by atoms with van der Waals surface area (Å²) in [4.78, 5) is 17.1. The zero-order valence-corrected chi connectivity index (χ0v) is 17.6. The van der Waals surface area contributed by atoms with Crippen LogP contribution in [-0.4, -0.2) is 36.3 Å². The molecule has 1 unspecified atom stereocenters. The van der Waals surface area contributed by atoms with E-state index in [9.17, 15) is 4.79 Å². The monoisotopic (exact) mass is 442 g/mol. The normalized spacial score (nSPS) is 11.9. The zero-order chi connectivity index (χ0) is 20.2. The highest BCUT2D eigenvalue weighted by molar-refractivity contribution is 8.00. The van der Waals surface area contributed by atoms with E-state index in [4.69, 9.17) is 11.6 Å². The molecule has 0 aliphatic heterocycles. The SMILES string of the molecule is CC(Sc1nnnn1-c1ccc(Cl)cc1)C(=O)Nc1nc(-c2ccccc2)cs1. The first-order valence-electron chi connectivity index (χ1n) is 8.63. The molecule has 7 nitrogen and oxygen atoms in total. The van der Waals surface area contributed by atoms with Crippen molar-refractivity contribution in [3.05, 3.63) is 65.0 Å². The Morgan fingerprint density at radius 2 is 1.93 bits per heavy atom. The van der Waals surface area contributed by atoms with Crippen LogP contribution in [0.4, 0.5) is 5.13 Å². The van der Waals surface area contributed by atoms with Crippen molar-refractivity contribution in [2.24, 2.45) is 0 Å². The molecule has 4 aromatic rings. The summed E-state index contributed by atoms with van der Waals surface area (Å²) in [6.45, 7) is 1.80. The molecule has 0 radical (unpaired) electrons.